The van der Waals surface area contributed by atoms with E-state index in [1.165, 1.54) is 0 Å². The van der Waals surface area contributed by atoms with E-state index in [4.69, 9.17) is 21.1 Å². The summed E-state index contributed by atoms with van der Waals surface area (Å²) in [5, 5.41) is 3.75. The van der Waals surface area contributed by atoms with Crippen LogP contribution in [0, 0.1) is 0 Å². The van der Waals surface area contributed by atoms with Gasteiger partial charge in [0.1, 0.15) is 18.0 Å². The summed E-state index contributed by atoms with van der Waals surface area (Å²) in [4.78, 5) is 6.77. The zero-order valence-electron chi connectivity index (χ0n) is 11.5. The second-order valence-electron chi connectivity index (χ2n) is 4.58. The number of halogens is 1. The average molecular weight is 286 g/mol. The molecule has 1 aliphatic rings. The smallest absolute Gasteiger partial charge is 0.129 e. The Morgan fingerprint density at radius 1 is 1.32 bits per heavy atom. The number of ether oxygens (including phenoxy) is 2. The summed E-state index contributed by atoms with van der Waals surface area (Å²) < 4.78 is 10.9. The molecule has 0 bridgehead atoms. The van der Waals surface area contributed by atoms with Crippen molar-refractivity contribution in [2.45, 2.75) is 18.8 Å². The predicted octanol–water partition coefficient (Wildman–Crippen LogP) is 1.30. The summed E-state index contributed by atoms with van der Waals surface area (Å²) in [5.74, 6) is 0.913. The maximum absolute atomic E-state index is 6.12. The van der Waals surface area contributed by atoms with Crippen molar-refractivity contribution in [1.29, 1.82) is 0 Å². The van der Waals surface area contributed by atoms with Crippen LogP contribution >= 0.6 is 11.6 Å². The number of hydrogen-bond donors (Lipinski definition) is 1. The fourth-order valence-corrected chi connectivity index (χ4v) is 2.50. The topological polar surface area (TPSA) is 46.6 Å². The molecule has 1 aliphatic heterocycles. The maximum Gasteiger partial charge on any atom is 0.129 e. The number of hydrogen-bond acceptors (Lipinski definition) is 5. The number of aromatic nitrogens is 1. The van der Waals surface area contributed by atoms with Gasteiger partial charge in [0.15, 0.2) is 0 Å². The summed E-state index contributed by atoms with van der Waals surface area (Å²) in [6, 6.07) is 3.82. The number of anilines is 1. The van der Waals surface area contributed by atoms with Crippen LogP contribution in [0.5, 0.6) is 0 Å². The van der Waals surface area contributed by atoms with Crippen LogP contribution in [0.2, 0.25) is 5.02 Å². The first-order valence-electron chi connectivity index (χ1n) is 6.30. The molecule has 0 saturated carbocycles. The van der Waals surface area contributed by atoms with E-state index in [1.807, 2.05) is 19.2 Å². The van der Waals surface area contributed by atoms with Crippen molar-refractivity contribution >= 4 is 17.4 Å². The minimum Gasteiger partial charge on any atom is -0.377 e. The molecule has 0 aliphatic carbocycles. The second-order valence-corrected chi connectivity index (χ2v) is 4.99. The van der Waals surface area contributed by atoms with Gasteiger partial charge in [-0.1, -0.05) is 11.6 Å². The van der Waals surface area contributed by atoms with Gasteiger partial charge in [0.05, 0.1) is 10.7 Å². The standard InChI is InChI=1S/C13H20ClN3O2/c1-15-6-10-9(14)4-5-13(16-10)17-7-11(18-2)12(8-17)19-3/h4-5,11-12,15H,6-8H2,1-3H3. The minimum absolute atomic E-state index is 0.0789. The Morgan fingerprint density at radius 3 is 2.47 bits per heavy atom. The lowest BCUT2D eigenvalue weighted by Crippen LogP contribution is -2.27. The Balaban J connectivity index is 2.16. The van der Waals surface area contributed by atoms with E-state index in [9.17, 15) is 0 Å². The summed E-state index contributed by atoms with van der Waals surface area (Å²) in [7, 11) is 5.30. The molecule has 1 fully saturated rings. The number of pyridine rings is 1. The number of nitrogens with zero attached hydrogens (tertiary/aromatic N) is 2. The lowest BCUT2D eigenvalue weighted by Gasteiger charge is -2.18. The largest absolute Gasteiger partial charge is 0.377 e. The van der Waals surface area contributed by atoms with E-state index < -0.39 is 0 Å². The highest BCUT2D eigenvalue weighted by atomic mass is 35.5. The first-order chi connectivity index (χ1) is 9.19. The van der Waals surface area contributed by atoms with E-state index in [1.54, 1.807) is 14.2 Å². The molecule has 1 N–H and O–H groups in total. The van der Waals surface area contributed by atoms with Crippen molar-refractivity contribution in [3.8, 4) is 0 Å². The van der Waals surface area contributed by atoms with Crippen LogP contribution in [0.15, 0.2) is 12.1 Å². The van der Waals surface area contributed by atoms with Crippen LogP contribution < -0.4 is 10.2 Å². The molecule has 1 aromatic rings. The van der Waals surface area contributed by atoms with Crippen LogP contribution in [0.4, 0.5) is 5.82 Å². The molecule has 0 amide bonds. The molecule has 2 rings (SSSR count). The molecule has 0 aromatic carbocycles. The lowest BCUT2D eigenvalue weighted by atomic mass is 10.3. The molecule has 1 aromatic heterocycles. The molecule has 5 nitrogen and oxygen atoms in total. The minimum atomic E-state index is 0.0789. The van der Waals surface area contributed by atoms with Gasteiger partial charge in [0.2, 0.25) is 0 Å². The van der Waals surface area contributed by atoms with Crippen LogP contribution in [0.25, 0.3) is 0 Å². The zero-order chi connectivity index (χ0) is 13.8. The molecule has 19 heavy (non-hydrogen) atoms. The van der Waals surface area contributed by atoms with Gasteiger partial charge >= 0.3 is 0 Å². The Labute approximate surface area is 118 Å². The number of methoxy groups -OCH3 is 2. The summed E-state index contributed by atoms with van der Waals surface area (Å²) in [6.45, 7) is 2.22. The van der Waals surface area contributed by atoms with E-state index in [0.29, 0.717) is 11.6 Å². The lowest BCUT2D eigenvalue weighted by molar-refractivity contribution is -0.00461. The SMILES string of the molecule is CNCc1nc(N2CC(OC)C(OC)C2)ccc1Cl. The van der Waals surface area contributed by atoms with Crippen molar-refractivity contribution in [2.24, 2.45) is 0 Å². The molecule has 6 heteroatoms. The summed E-state index contributed by atoms with van der Waals surface area (Å²) in [5.41, 5.74) is 0.858. The van der Waals surface area contributed by atoms with Crippen LogP contribution in [-0.4, -0.2) is 51.5 Å². The first-order valence-corrected chi connectivity index (χ1v) is 6.68. The highest BCUT2D eigenvalue weighted by Crippen LogP contribution is 2.24. The van der Waals surface area contributed by atoms with Gasteiger partial charge in [-0.25, -0.2) is 4.98 Å². The Kier molecular flexibility index (Phi) is 4.99. The Bertz CT molecular complexity index is 418. The third-order valence-corrected chi connectivity index (χ3v) is 3.74. The fraction of sp³-hybridized carbons (Fsp3) is 0.615. The van der Waals surface area contributed by atoms with Gasteiger partial charge in [-0.2, -0.15) is 0 Å². The van der Waals surface area contributed by atoms with E-state index in [2.05, 4.69) is 15.2 Å². The second kappa shape index (κ2) is 6.52. The van der Waals surface area contributed by atoms with Crippen molar-refractivity contribution in [1.82, 2.24) is 10.3 Å². The van der Waals surface area contributed by atoms with Crippen LogP contribution in [0.1, 0.15) is 5.69 Å². The van der Waals surface area contributed by atoms with Crippen molar-refractivity contribution in [2.75, 3.05) is 39.3 Å². The normalized spacial score (nSPS) is 23.1. The van der Waals surface area contributed by atoms with E-state index >= 15 is 0 Å². The van der Waals surface area contributed by atoms with Crippen molar-refractivity contribution in [3.63, 3.8) is 0 Å². The van der Waals surface area contributed by atoms with Gasteiger partial charge in [0, 0.05) is 33.9 Å². The average Bonchev–Trinajstić information content (AvgIpc) is 2.84. The molecule has 1 saturated heterocycles. The molecule has 0 radical (unpaired) electrons. The summed E-state index contributed by atoms with van der Waals surface area (Å²) >= 11 is 6.12. The molecular formula is C13H20ClN3O2. The molecule has 2 atom stereocenters. The van der Waals surface area contributed by atoms with Crippen molar-refractivity contribution < 1.29 is 9.47 Å². The van der Waals surface area contributed by atoms with E-state index in [-0.39, 0.29) is 12.2 Å². The van der Waals surface area contributed by atoms with Gasteiger partial charge in [-0.05, 0) is 19.2 Å². The quantitative estimate of drug-likeness (QED) is 0.884. The third-order valence-electron chi connectivity index (χ3n) is 3.39. The van der Waals surface area contributed by atoms with Gasteiger partial charge < -0.3 is 19.7 Å². The monoisotopic (exact) mass is 285 g/mol. The highest BCUT2D eigenvalue weighted by molar-refractivity contribution is 6.31. The molecule has 106 valence electrons. The molecule has 2 heterocycles. The Morgan fingerprint density at radius 2 is 1.95 bits per heavy atom. The maximum atomic E-state index is 6.12. The highest BCUT2D eigenvalue weighted by Gasteiger charge is 2.33. The molecule has 2 unspecified atom stereocenters. The number of nitrogens with one attached hydrogen (secondary N) is 1. The first kappa shape index (κ1) is 14.5. The molecular weight excluding hydrogens is 266 g/mol. The summed E-state index contributed by atoms with van der Waals surface area (Å²) in [6.07, 6.45) is 0.158. The third kappa shape index (κ3) is 3.17. The zero-order valence-corrected chi connectivity index (χ0v) is 12.3. The van der Waals surface area contributed by atoms with Gasteiger partial charge in [0.25, 0.3) is 0 Å². The fourth-order valence-electron chi connectivity index (χ4n) is 2.32. The van der Waals surface area contributed by atoms with Crippen LogP contribution in [-0.2, 0) is 16.0 Å². The van der Waals surface area contributed by atoms with Crippen molar-refractivity contribution in [3.05, 3.63) is 22.8 Å². The predicted molar refractivity (Wildman–Crippen MR) is 75.8 cm³/mol. The molecule has 0 spiro atoms. The number of rotatable bonds is 5. The van der Waals surface area contributed by atoms with Gasteiger partial charge in [-0.3, -0.25) is 0 Å². The van der Waals surface area contributed by atoms with E-state index in [0.717, 1.165) is 24.6 Å². The van der Waals surface area contributed by atoms with Gasteiger partial charge in [-0.15, -0.1) is 0 Å². The van der Waals surface area contributed by atoms with Crippen LogP contribution in [0.3, 0.4) is 0 Å². The Hall–Kier alpha value is -0.880.